The molecule has 10 nitrogen and oxygen atoms in total. The van der Waals surface area contributed by atoms with Gasteiger partial charge in [0, 0.05) is 12.0 Å². The van der Waals surface area contributed by atoms with Crippen LogP contribution in [0.1, 0.15) is 40.0 Å². The number of carbonyl (C=O) groups excluding carboxylic acids is 1. The van der Waals surface area contributed by atoms with Crippen LogP contribution in [0, 0.1) is 11.8 Å². The molecule has 1 fully saturated rings. The van der Waals surface area contributed by atoms with Crippen LogP contribution < -0.4 is 5.32 Å². The van der Waals surface area contributed by atoms with Crippen LogP contribution in [0.5, 0.6) is 0 Å². The van der Waals surface area contributed by atoms with Gasteiger partial charge in [0.2, 0.25) is 5.91 Å². The molecule has 1 aliphatic rings. The summed E-state index contributed by atoms with van der Waals surface area (Å²) in [6, 6.07) is 0.00574. The highest BCUT2D eigenvalue weighted by molar-refractivity contribution is 5.79. The van der Waals surface area contributed by atoms with Gasteiger partial charge in [0.05, 0.1) is 10.8 Å². The Hall–Kier alpha value is -0.850. The van der Waals surface area contributed by atoms with Crippen LogP contribution in [-0.2, 0) is 14.5 Å². The van der Waals surface area contributed by atoms with E-state index in [-0.39, 0.29) is 24.8 Å². The van der Waals surface area contributed by atoms with Crippen molar-refractivity contribution in [2.24, 2.45) is 11.8 Å². The lowest BCUT2D eigenvalue weighted by molar-refractivity contribution is -0.535. The number of rotatable bonds is 8. The summed E-state index contributed by atoms with van der Waals surface area (Å²) in [4.78, 5) is 21.5. The molecule has 0 aromatic heterocycles. The van der Waals surface area contributed by atoms with Crippen LogP contribution in [0.2, 0.25) is 0 Å². The van der Waals surface area contributed by atoms with Crippen molar-refractivity contribution in [3.05, 3.63) is 0 Å². The van der Waals surface area contributed by atoms with E-state index in [9.17, 15) is 4.79 Å². The molecule has 130 valence electrons. The van der Waals surface area contributed by atoms with E-state index < -0.39 is 28.9 Å². The Labute approximate surface area is 128 Å². The molecule has 0 aromatic carbocycles. The highest BCUT2D eigenvalue weighted by atomic mass is 17.1. The number of carbonyl (C=O) groups is 1. The van der Waals surface area contributed by atoms with Gasteiger partial charge in [-0.2, -0.15) is 0 Å². The minimum absolute atomic E-state index is 0.00574. The van der Waals surface area contributed by atoms with Gasteiger partial charge in [0.1, 0.15) is 12.2 Å². The fraction of sp³-hybridized carbons (Fsp3) is 0.917. The Morgan fingerprint density at radius 1 is 1.09 bits per heavy atom. The van der Waals surface area contributed by atoms with Crippen LogP contribution in [-0.4, -0.2) is 55.8 Å². The van der Waals surface area contributed by atoms with E-state index in [2.05, 4.69) is 28.8 Å². The standard InChI is InChI=1S/C12H25N3O7/c1-7(2)4-8(3)13-12(16)9-5-10(21-14(17)18)11(6-9)22-15(19)20/h7-11,17-20H,4-6H2,1-3H3,(H,13,16)/t8-,9-,10-,11+/m0/s1. The quantitative estimate of drug-likeness (QED) is 0.409. The Bertz CT molecular complexity index is 336. The second-order valence-electron chi connectivity index (χ2n) is 6.00. The van der Waals surface area contributed by atoms with Crippen LogP contribution in [0.3, 0.4) is 0 Å². The van der Waals surface area contributed by atoms with Crippen molar-refractivity contribution < 1.29 is 35.3 Å². The van der Waals surface area contributed by atoms with E-state index in [0.717, 1.165) is 6.42 Å². The van der Waals surface area contributed by atoms with Crippen molar-refractivity contribution in [1.82, 2.24) is 16.1 Å². The summed E-state index contributed by atoms with van der Waals surface area (Å²) in [5, 5.41) is 36.7. The maximum atomic E-state index is 12.2. The molecule has 1 saturated carbocycles. The Morgan fingerprint density at radius 3 is 1.91 bits per heavy atom. The van der Waals surface area contributed by atoms with Gasteiger partial charge in [-0.15, -0.1) is 0 Å². The van der Waals surface area contributed by atoms with E-state index in [0.29, 0.717) is 5.92 Å². The van der Waals surface area contributed by atoms with Gasteiger partial charge in [0.15, 0.2) is 0 Å². The molecule has 0 aromatic rings. The third-order valence-corrected chi connectivity index (χ3v) is 3.49. The Kier molecular flexibility index (Phi) is 7.59. The zero-order chi connectivity index (χ0) is 16.9. The summed E-state index contributed by atoms with van der Waals surface area (Å²) < 4.78 is 0. The first-order valence-corrected chi connectivity index (χ1v) is 7.18. The summed E-state index contributed by atoms with van der Waals surface area (Å²) in [7, 11) is 0. The van der Waals surface area contributed by atoms with Gasteiger partial charge in [0.25, 0.3) is 0 Å². The van der Waals surface area contributed by atoms with Gasteiger partial charge in [-0.3, -0.25) is 25.6 Å². The topological polar surface area (TPSA) is 135 Å². The molecule has 1 amide bonds. The molecule has 0 aliphatic heterocycles. The molecule has 1 rings (SSSR count). The zero-order valence-corrected chi connectivity index (χ0v) is 12.9. The van der Waals surface area contributed by atoms with E-state index in [1.807, 2.05) is 6.92 Å². The summed E-state index contributed by atoms with van der Waals surface area (Å²) in [6.07, 6.45) is -0.687. The minimum atomic E-state index is -0.909. The lowest BCUT2D eigenvalue weighted by atomic mass is 10.0. The van der Waals surface area contributed by atoms with Crippen LogP contribution in [0.15, 0.2) is 0 Å². The smallest absolute Gasteiger partial charge is 0.223 e. The number of amides is 1. The molecule has 5 N–H and O–H groups in total. The lowest BCUT2D eigenvalue weighted by Crippen LogP contribution is -2.37. The van der Waals surface area contributed by atoms with Crippen molar-refractivity contribution in [2.75, 3.05) is 0 Å². The molecule has 0 saturated heterocycles. The third-order valence-electron chi connectivity index (χ3n) is 3.49. The molecule has 0 radical (unpaired) electrons. The average molecular weight is 323 g/mol. The molecule has 1 aliphatic carbocycles. The summed E-state index contributed by atoms with van der Waals surface area (Å²) in [6.45, 7) is 6.02. The lowest BCUT2D eigenvalue weighted by Gasteiger charge is -2.20. The first kappa shape index (κ1) is 19.2. The number of nitrogens with one attached hydrogen (secondary N) is 1. The van der Waals surface area contributed by atoms with Crippen molar-refractivity contribution >= 4 is 5.91 Å². The highest BCUT2D eigenvalue weighted by Crippen LogP contribution is 2.31. The van der Waals surface area contributed by atoms with E-state index in [1.165, 1.54) is 0 Å². The minimum Gasteiger partial charge on any atom is -0.353 e. The van der Waals surface area contributed by atoms with Gasteiger partial charge >= 0.3 is 0 Å². The maximum Gasteiger partial charge on any atom is 0.223 e. The molecule has 10 heteroatoms. The maximum absolute atomic E-state index is 12.2. The van der Waals surface area contributed by atoms with E-state index in [4.69, 9.17) is 20.8 Å². The summed E-state index contributed by atoms with van der Waals surface area (Å²) in [5.74, 6) is -0.261. The number of hydrogen-bond donors (Lipinski definition) is 5. The average Bonchev–Trinajstić information content (AvgIpc) is 2.69. The Morgan fingerprint density at radius 2 is 1.55 bits per heavy atom. The number of nitrogens with zero attached hydrogens (tertiary/aromatic N) is 2. The largest absolute Gasteiger partial charge is 0.353 e. The zero-order valence-electron chi connectivity index (χ0n) is 12.9. The Balaban J connectivity index is 2.58. The molecular weight excluding hydrogens is 298 g/mol. The predicted molar refractivity (Wildman–Crippen MR) is 70.4 cm³/mol. The van der Waals surface area contributed by atoms with Crippen molar-refractivity contribution in [1.29, 1.82) is 0 Å². The predicted octanol–water partition coefficient (Wildman–Crippen LogP) is 0.708. The summed E-state index contributed by atoms with van der Waals surface area (Å²) in [5.41, 5.74) is 0. The SMILES string of the molecule is CC(C)C[C@H](C)NC(=O)[C@H]1C[C@H](ON(O)O)[C@H](ON(O)O)C1. The van der Waals surface area contributed by atoms with Crippen molar-refractivity contribution in [2.45, 2.75) is 58.3 Å². The van der Waals surface area contributed by atoms with Gasteiger partial charge in [-0.05, 0) is 32.1 Å². The van der Waals surface area contributed by atoms with E-state index in [1.54, 1.807) is 0 Å². The molecule has 0 unspecified atom stereocenters. The van der Waals surface area contributed by atoms with E-state index >= 15 is 0 Å². The van der Waals surface area contributed by atoms with Crippen LogP contribution in [0.4, 0.5) is 0 Å². The molecule has 22 heavy (non-hydrogen) atoms. The van der Waals surface area contributed by atoms with Crippen molar-refractivity contribution in [3.8, 4) is 0 Å². The summed E-state index contributed by atoms with van der Waals surface area (Å²) >= 11 is 0. The molecule has 0 spiro atoms. The monoisotopic (exact) mass is 323 g/mol. The normalized spacial score (nSPS) is 26.9. The molecule has 0 bridgehead atoms. The first-order chi connectivity index (χ1) is 10.2. The fourth-order valence-electron chi connectivity index (χ4n) is 2.77. The van der Waals surface area contributed by atoms with Crippen LogP contribution in [0.25, 0.3) is 0 Å². The second-order valence-corrected chi connectivity index (χ2v) is 6.00. The second kappa shape index (κ2) is 8.70. The van der Waals surface area contributed by atoms with Crippen LogP contribution >= 0.6 is 0 Å². The first-order valence-electron chi connectivity index (χ1n) is 7.18. The number of hydrogen-bond acceptors (Lipinski definition) is 9. The fourth-order valence-corrected chi connectivity index (χ4v) is 2.77. The third kappa shape index (κ3) is 6.50. The molecule has 0 heterocycles. The van der Waals surface area contributed by atoms with Crippen molar-refractivity contribution in [3.63, 3.8) is 0 Å². The van der Waals surface area contributed by atoms with Gasteiger partial charge in [-0.25, -0.2) is 9.68 Å². The molecular formula is C12H25N3O7. The molecule has 4 atom stereocenters. The van der Waals surface area contributed by atoms with Gasteiger partial charge < -0.3 is 5.32 Å². The highest BCUT2D eigenvalue weighted by Gasteiger charge is 2.42. The van der Waals surface area contributed by atoms with Gasteiger partial charge in [-0.1, -0.05) is 13.8 Å².